The van der Waals surface area contributed by atoms with Crippen LogP contribution in [0.4, 0.5) is 0 Å². The number of aldehydes is 1. The third kappa shape index (κ3) is 2.15. The molecule has 0 saturated heterocycles. The van der Waals surface area contributed by atoms with Gasteiger partial charge in [-0.15, -0.1) is 0 Å². The molecule has 0 bridgehead atoms. The molecule has 0 aliphatic heterocycles. The second kappa shape index (κ2) is 3.67. The Hall–Kier alpha value is -0.640. The van der Waals surface area contributed by atoms with E-state index in [1.807, 2.05) is 13.1 Å². The molecule has 0 radical (unpaired) electrons. The number of halogens is 1. The second-order valence-electron chi connectivity index (χ2n) is 2.29. The molecule has 1 heterocycles. The van der Waals surface area contributed by atoms with Gasteiger partial charge in [-0.1, -0.05) is 0 Å². The third-order valence-corrected chi connectivity index (χ3v) is 1.85. The van der Waals surface area contributed by atoms with Gasteiger partial charge in [-0.05, 0) is 28.4 Å². The van der Waals surface area contributed by atoms with Crippen LogP contribution in [0.25, 0.3) is 0 Å². The quantitative estimate of drug-likeness (QED) is 0.715. The molecule has 1 aromatic heterocycles. The van der Waals surface area contributed by atoms with Crippen molar-refractivity contribution < 1.29 is 4.79 Å². The Morgan fingerprint density at radius 3 is 3.00 bits per heavy atom. The SMILES string of the molecule is Cn1nc(Br)cc1CCC=O. The maximum absolute atomic E-state index is 10.1. The molecule has 4 heteroatoms. The van der Waals surface area contributed by atoms with Gasteiger partial charge in [-0.25, -0.2) is 0 Å². The van der Waals surface area contributed by atoms with Crippen LogP contribution in [0, 0.1) is 0 Å². The van der Waals surface area contributed by atoms with Crippen molar-refractivity contribution in [3.8, 4) is 0 Å². The molecule has 3 nitrogen and oxygen atoms in total. The Kier molecular flexibility index (Phi) is 2.82. The van der Waals surface area contributed by atoms with E-state index in [0.717, 1.165) is 23.0 Å². The highest BCUT2D eigenvalue weighted by molar-refractivity contribution is 9.10. The van der Waals surface area contributed by atoms with Crippen LogP contribution < -0.4 is 0 Å². The lowest BCUT2D eigenvalue weighted by Gasteiger charge is -1.95. The smallest absolute Gasteiger partial charge is 0.128 e. The number of rotatable bonds is 3. The van der Waals surface area contributed by atoms with Gasteiger partial charge in [0.05, 0.1) is 0 Å². The standard InChI is InChI=1S/C7H9BrN2O/c1-10-6(3-2-4-11)5-7(8)9-10/h4-5H,2-3H2,1H3. The van der Waals surface area contributed by atoms with Crippen LogP contribution in [0.1, 0.15) is 12.1 Å². The maximum atomic E-state index is 10.1. The van der Waals surface area contributed by atoms with E-state index in [1.165, 1.54) is 0 Å². The van der Waals surface area contributed by atoms with Crippen LogP contribution in [0.15, 0.2) is 10.7 Å². The van der Waals surface area contributed by atoms with Crippen molar-refractivity contribution in [3.05, 3.63) is 16.4 Å². The average molecular weight is 217 g/mol. The van der Waals surface area contributed by atoms with Gasteiger partial charge in [0.1, 0.15) is 10.9 Å². The first-order valence-corrected chi connectivity index (χ1v) is 4.15. The highest BCUT2D eigenvalue weighted by Crippen LogP contribution is 2.10. The van der Waals surface area contributed by atoms with E-state index in [9.17, 15) is 4.79 Å². The van der Waals surface area contributed by atoms with Crippen LogP contribution in [-0.4, -0.2) is 16.1 Å². The Morgan fingerprint density at radius 1 is 1.82 bits per heavy atom. The number of aryl methyl sites for hydroxylation is 2. The molecule has 0 aliphatic rings. The van der Waals surface area contributed by atoms with Gasteiger partial charge in [-0.2, -0.15) is 5.10 Å². The van der Waals surface area contributed by atoms with Gasteiger partial charge in [0.2, 0.25) is 0 Å². The number of hydrogen-bond donors (Lipinski definition) is 0. The van der Waals surface area contributed by atoms with Gasteiger partial charge < -0.3 is 4.79 Å². The zero-order valence-electron chi connectivity index (χ0n) is 6.25. The lowest BCUT2D eigenvalue weighted by Crippen LogP contribution is -1.97. The van der Waals surface area contributed by atoms with Gasteiger partial charge in [0, 0.05) is 19.2 Å². The summed E-state index contributed by atoms with van der Waals surface area (Å²) in [5.41, 5.74) is 1.07. The first-order valence-electron chi connectivity index (χ1n) is 3.36. The van der Waals surface area contributed by atoms with E-state index in [1.54, 1.807) is 4.68 Å². The molecule has 1 aromatic rings. The Bertz CT molecular complexity index is 257. The van der Waals surface area contributed by atoms with E-state index >= 15 is 0 Å². The topological polar surface area (TPSA) is 34.9 Å². The summed E-state index contributed by atoms with van der Waals surface area (Å²) >= 11 is 3.25. The number of nitrogens with zero attached hydrogens (tertiary/aromatic N) is 2. The number of carbonyl (C=O) groups excluding carboxylic acids is 1. The number of aromatic nitrogens is 2. The predicted octanol–water partition coefficient (Wildman–Crippen LogP) is 1.31. The van der Waals surface area contributed by atoms with E-state index in [-0.39, 0.29) is 0 Å². The third-order valence-electron chi connectivity index (χ3n) is 1.47. The van der Waals surface area contributed by atoms with Crippen molar-refractivity contribution in [2.75, 3.05) is 0 Å². The average Bonchev–Trinajstić information content (AvgIpc) is 2.26. The first-order chi connectivity index (χ1) is 5.24. The molecular weight excluding hydrogens is 208 g/mol. The Labute approximate surface area is 73.5 Å². The van der Waals surface area contributed by atoms with Crippen LogP contribution in [0.2, 0.25) is 0 Å². The normalized spacial score (nSPS) is 10.0. The van der Waals surface area contributed by atoms with E-state index in [0.29, 0.717) is 6.42 Å². The Balaban J connectivity index is 2.69. The van der Waals surface area contributed by atoms with Crippen LogP contribution in [0.3, 0.4) is 0 Å². The molecule has 11 heavy (non-hydrogen) atoms. The minimum absolute atomic E-state index is 0.561. The molecule has 0 aliphatic carbocycles. The highest BCUT2D eigenvalue weighted by Gasteiger charge is 2.00. The second-order valence-corrected chi connectivity index (χ2v) is 3.10. The summed E-state index contributed by atoms with van der Waals surface area (Å²) in [6.45, 7) is 0. The Morgan fingerprint density at radius 2 is 2.55 bits per heavy atom. The molecule has 0 fully saturated rings. The van der Waals surface area contributed by atoms with Crippen LogP contribution >= 0.6 is 15.9 Å². The fourth-order valence-corrected chi connectivity index (χ4v) is 1.41. The van der Waals surface area contributed by atoms with Gasteiger partial charge in [0.25, 0.3) is 0 Å². The summed E-state index contributed by atoms with van der Waals surface area (Å²) in [5.74, 6) is 0. The van der Waals surface area contributed by atoms with Gasteiger partial charge >= 0.3 is 0 Å². The number of carbonyl (C=O) groups is 1. The van der Waals surface area contributed by atoms with E-state index < -0.39 is 0 Å². The molecule has 0 atom stereocenters. The van der Waals surface area contributed by atoms with Crippen molar-refractivity contribution >= 4 is 22.2 Å². The minimum atomic E-state index is 0.561. The molecule has 0 N–H and O–H groups in total. The molecule has 0 unspecified atom stereocenters. The fourth-order valence-electron chi connectivity index (χ4n) is 0.908. The van der Waals surface area contributed by atoms with E-state index in [4.69, 9.17) is 0 Å². The molecular formula is C7H9BrN2O. The predicted molar refractivity (Wildman–Crippen MR) is 45.3 cm³/mol. The molecule has 0 aromatic carbocycles. The van der Waals surface area contributed by atoms with Crippen molar-refractivity contribution in [1.82, 2.24) is 9.78 Å². The van der Waals surface area contributed by atoms with E-state index in [2.05, 4.69) is 21.0 Å². The number of hydrogen-bond acceptors (Lipinski definition) is 2. The van der Waals surface area contributed by atoms with Gasteiger partial charge in [0.15, 0.2) is 0 Å². The molecule has 1 rings (SSSR count). The molecule has 0 saturated carbocycles. The van der Waals surface area contributed by atoms with Crippen molar-refractivity contribution in [2.45, 2.75) is 12.8 Å². The monoisotopic (exact) mass is 216 g/mol. The summed E-state index contributed by atoms with van der Waals surface area (Å²) in [4.78, 5) is 10.1. The fraction of sp³-hybridized carbons (Fsp3) is 0.429. The maximum Gasteiger partial charge on any atom is 0.128 e. The summed E-state index contributed by atoms with van der Waals surface area (Å²) in [6, 6.07) is 1.92. The van der Waals surface area contributed by atoms with Crippen LogP contribution in [-0.2, 0) is 18.3 Å². The first kappa shape index (κ1) is 8.46. The van der Waals surface area contributed by atoms with Crippen LogP contribution in [0.5, 0.6) is 0 Å². The lowest BCUT2D eigenvalue weighted by molar-refractivity contribution is -0.107. The minimum Gasteiger partial charge on any atom is -0.303 e. The molecule has 0 spiro atoms. The zero-order valence-corrected chi connectivity index (χ0v) is 7.84. The van der Waals surface area contributed by atoms with Crippen molar-refractivity contribution in [2.24, 2.45) is 7.05 Å². The summed E-state index contributed by atoms with van der Waals surface area (Å²) in [7, 11) is 1.87. The summed E-state index contributed by atoms with van der Waals surface area (Å²) in [6.07, 6.45) is 2.24. The summed E-state index contributed by atoms with van der Waals surface area (Å²) < 4.78 is 2.59. The molecule has 60 valence electrons. The summed E-state index contributed by atoms with van der Waals surface area (Å²) in [5, 5.41) is 4.08. The lowest BCUT2D eigenvalue weighted by atomic mass is 10.2. The molecule has 0 amide bonds. The van der Waals surface area contributed by atoms with Gasteiger partial charge in [-0.3, -0.25) is 4.68 Å². The van der Waals surface area contributed by atoms with Crippen molar-refractivity contribution in [1.29, 1.82) is 0 Å². The van der Waals surface area contributed by atoms with Crippen molar-refractivity contribution in [3.63, 3.8) is 0 Å². The largest absolute Gasteiger partial charge is 0.303 e. The highest BCUT2D eigenvalue weighted by atomic mass is 79.9. The zero-order chi connectivity index (χ0) is 8.27.